The van der Waals surface area contributed by atoms with Crippen molar-refractivity contribution in [1.82, 2.24) is 9.13 Å². The van der Waals surface area contributed by atoms with Gasteiger partial charge in [-0.15, -0.1) is 0 Å². The van der Waals surface area contributed by atoms with Gasteiger partial charge in [-0.2, -0.15) is 0 Å². The van der Waals surface area contributed by atoms with Crippen molar-refractivity contribution < 1.29 is 0 Å². The Bertz CT molecular complexity index is 1790. The highest BCUT2D eigenvalue weighted by Crippen LogP contribution is 2.38. The first-order chi connectivity index (χ1) is 16.9. The van der Waals surface area contributed by atoms with Gasteiger partial charge in [0.1, 0.15) is 0 Å². The Kier molecular flexibility index (Phi) is 4.18. The van der Waals surface area contributed by atoms with Crippen LogP contribution in [0, 0.1) is 0 Å². The summed E-state index contributed by atoms with van der Waals surface area (Å²) in [5, 5.41) is 3.81. The van der Waals surface area contributed by atoms with E-state index in [9.17, 15) is 0 Å². The maximum atomic E-state index is 2.40. The minimum atomic E-state index is 1.18. The van der Waals surface area contributed by atoms with Gasteiger partial charge in [-0.25, -0.2) is 0 Å². The van der Waals surface area contributed by atoms with Gasteiger partial charge in [0.2, 0.25) is 0 Å². The first-order valence-electron chi connectivity index (χ1n) is 11.6. The number of aromatic nitrogens is 2. The molecule has 0 aliphatic rings. The zero-order chi connectivity index (χ0) is 22.5. The topological polar surface area (TPSA) is 9.86 Å². The molecule has 0 unspecified atom stereocenters. The van der Waals surface area contributed by atoms with Crippen LogP contribution in [-0.4, -0.2) is 9.13 Å². The molecule has 0 amide bonds. The number of rotatable bonds is 3. The monoisotopic (exact) mass is 434 g/mol. The molecule has 7 rings (SSSR count). The molecule has 0 fully saturated rings. The summed E-state index contributed by atoms with van der Waals surface area (Å²) in [5.41, 5.74) is 8.50. The summed E-state index contributed by atoms with van der Waals surface area (Å²) in [7, 11) is 0. The highest BCUT2D eigenvalue weighted by Gasteiger charge is 2.17. The Morgan fingerprint density at radius 3 is 2.00 bits per heavy atom. The van der Waals surface area contributed by atoms with E-state index in [-0.39, 0.29) is 0 Å². The lowest BCUT2D eigenvalue weighted by Crippen LogP contribution is -1.96. The minimum absolute atomic E-state index is 1.18. The van der Waals surface area contributed by atoms with E-state index in [2.05, 4.69) is 143 Å². The molecule has 7 aromatic rings. The van der Waals surface area contributed by atoms with E-state index in [4.69, 9.17) is 0 Å². The quantitative estimate of drug-likeness (QED) is 0.264. The maximum absolute atomic E-state index is 2.40. The first-order valence-corrected chi connectivity index (χ1v) is 11.6. The highest BCUT2D eigenvalue weighted by atomic mass is 15.0. The molecule has 0 atom stereocenters. The molecule has 0 bridgehead atoms. The second kappa shape index (κ2) is 7.50. The van der Waals surface area contributed by atoms with Gasteiger partial charge in [0.15, 0.2) is 0 Å². The SMILES string of the molecule is c1ccc(-c2ccccc2-n2ccc3c2ccc2c4ccccc4n(-c4ccccc4)c23)cc1. The smallest absolute Gasteiger partial charge is 0.0635 e. The van der Waals surface area contributed by atoms with Crippen molar-refractivity contribution in [3.63, 3.8) is 0 Å². The lowest BCUT2D eigenvalue weighted by atomic mass is 10.0. The molecule has 0 saturated heterocycles. The highest BCUT2D eigenvalue weighted by molar-refractivity contribution is 6.18. The minimum Gasteiger partial charge on any atom is -0.316 e. The summed E-state index contributed by atoms with van der Waals surface area (Å²) >= 11 is 0. The molecule has 0 spiro atoms. The van der Waals surface area contributed by atoms with Crippen molar-refractivity contribution in [2.24, 2.45) is 0 Å². The number of para-hydroxylation sites is 3. The van der Waals surface area contributed by atoms with Crippen molar-refractivity contribution in [3.05, 3.63) is 134 Å². The molecular formula is C32H22N2. The number of nitrogens with zero attached hydrogens (tertiary/aromatic N) is 2. The summed E-state index contributed by atoms with van der Waals surface area (Å²) in [4.78, 5) is 0. The number of benzene rings is 5. The molecule has 2 heteroatoms. The molecular weight excluding hydrogens is 412 g/mol. The fraction of sp³-hybridized carbons (Fsp3) is 0. The second-order valence-electron chi connectivity index (χ2n) is 8.65. The Hall–Kier alpha value is -4.56. The molecule has 0 aliphatic heterocycles. The summed E-state index contributed by atoms with van der Waals surface area (Å²) in [6.07, 6.45) is 2.21. The zero-order valence-electron chi connectivity index (χ0n) is 18.6. The Labute approximate surface area is 197 Å². The van der Waals surface area contributed by atoms with Crippen LogP contribution in [-0.2, 0) is 0 Å². The van der Waals surface area contributed by atoms with Crippen molar-refractivity contribution in [1.29, 1.82) is 0 Å². The van der Waals surface area contributed by atoms with Crippen LogP contribution < -0.4 is 0 Å². The number of hydrogen-bond acceptors (Lipinski definition) is 0. The lowest BCUT2D eigenvalue weighted by Gasteiger charge is -2.13. The van der Waals surface area contributed by atoms with E-state index in [0.29, 0.717) is 0 Å². The summed E-state index contributed by atoms with van der Waals surface area (Å²) in [5.74, 6) is 0. The third-order valence-corrected chi connectivity index (χ3v) is 6.77. The van der Waals surface area contributed by atoms with Crippen LogP contribution in [0.25, 0.3) is 55.2 Å². The van der Waals surface area contributed by atoms with Crippen molar-refractivity contribution in [2.75, 3.05) is 0 Å². The molecule has 0 radical (unpaired) electrons. The van der Waals surface area contributed by atoms with Crippen LogP contribution in [0.15, 0.2) is 134 Å². The van der Waals surface area contributed by atoms with Gasteiger partial charge in [0.25, 0.3) is 0 Å². The fourth-order valence-electron chi connectivity index (χ4n) is 5.28. The molecule has 0 N–H and O–H groups in total. The van der Waals surface area contributed by atoms with Crippen LogP contribution in [0.5, 0.6) is 0 Å². The first kappa shape index (κ1) is 19.0. The average Bonchev–Trinajstić information content (AvgIpc) is 3.49. The maximum Gasteiger partial charge on any atom is 0.0635 e. The van der Waals surface area contributed by atoms with Crippen molar-refractivity contribution >= 4 is 32.7 Å². The largest absolute Gasteiger partial charge is 0.316 e. The fourth-order valence-corrected chi connectivity index (χ4v) is 5.28. The predicted octanol–water partition coefficient (Wildman–Crippen LogP) is 8.39. The van der Waals surface area contributed by atoms with E-state index in [0.717, 1.165) is 0 Å². The Morgan fingerprint density at radius 2 is 1.15 bits per heavy atom. The molecule has 34 heavy (non-hydrogen) atoms. The normalized spacial score (nSPS) is 11.5. The van der Waals surface area contributed by atoms with E-state index in [1.807, 2.05) is 0 Å². The second-order valence-corrected chi connectivity index (χ2v) is 8.65. The van der Waals surface area contributed by atoms with Gasteiger partial charge >= 0.3 is 0 Å². The molecule has 0 saturated carbocycles. The van der Waals surface area contributed by atoms with Gasteiger partial charge in [0.05, 0.1) is 22.2 Å². The molecule has 2 heterocycles. The molecule has 0 aliphatic carbocycles. The van der Waals surface area contributed by atoms with Crippen LogP contribution in [0.1, 0.15) is 0 Å². The number of fused-ring (bicyclic) bond motifs is 5. The number of hydrogen-bond donors (Lipinski definition) is 0. The van der Waals surface area contributed by atoms with Gasteiger partial charge in [-0.05, 0) is 42.0 Å². The molecule has 2 nitrogen and oxygen atoms in total. The van der Waals surface area contributed by atoms with E-state index < -0.39 is 0 Å². The predicted molar refractivity (Wildman–Crippen MR) is 143 cm³/mol. The van der Waals surface area contributed by atoms with Crippen LogP contribution in [0.2, 0.25) is 0 Å². The molecule has 160 valence electrons. The summed E-state index contributed by atoms with van der Waals surface area (Å²) in [6, 6.07) is 45.4. The van der Waals surface area contributed by atoms with Gasteiger partial charge < -0.3 is 9.13 Å². The van der Waals surface area contributed by atoms with E-state index >= 15 is 0 Å². The summed E-state index contributed by atoms with van der Waals surface area (Å²) < 4.78 is 4.73. The Balaban J connectivity index is 1.57. The molecule has 5 aromatic carbocycles. The lowest BCUT2D eigenvalue weighted by molar-refractivity contribution is 1.13. The third kappa shape index (κ3) is 2.76. The van der Waals surface area contributed by atoms with Gasteiger partial charge in [0, 0.05) is 33.6 Å². The third-order valence-electron chi connectivity index (χ3n) is 6.77. The van der Waals surface area contributed by atoms with E-state index in [1.165, 1.54) is 55.2 Å². The van der Waals surface area contributed by atoms with Crippen LogP contribution in [0.4, 0.5) is 0 Å². The van der Waals surface area contributed by atoms with Gasteiger partial charge in [-0.3, -0.25) is 0 Å². The zero-order valence-corrected chi connectivity index (χ0v) is 18.6. The Morgan fingerprint density at radius 1 is 0.441 bits per heavy atom. The van der Waals surface area contributed by atoms with Crippen molar-refractivity contribution in [3.8, 4) is 22.5 Å². The van der Waals surface area contributed by atoms with Gasteiger partial charge in [-0.1, -0.05) is 91.0 Å². The van der Waals surface area contributed by atoms with E-state index in [1.54, 1.807) is 0 Å². The van der Waals surface area contributed by atoms with Crippen LogP contribution >= 0.6 is 0 Å². The molecule has 2 aromatic heterocycles. The summed E-state index contributed by atoms with van der Waals surface area (Å²) in [6.45, 7) is 0. The standard InChI is InChI=1S/C32H22N2/c1-3-11-23(12-4-1)25-15-7-9-17-29(25)33-22-21-28-30(33)20-19-27-26-16-8-10-18-31(26)34(32(27)28)24-13-5-2-6-14-24/h1-22H. The average molecular weight is 435 g/mol. The van der Waals surface area contributed by atoms with Crippen LogP contribution in [0.3, 0.4) is 0 Å². The van der Waals surface area contributed by atoms with Crippen molar-refractivity contribution in [2.45, 2.75) is 0 Å².